The molecule has 0 spiro atoms. The molecule has 0 atom stereocenters. The lowest BCUT2D eigenvalue weighted by atomic mass is 9.68. The van der Waals surface area contributed by atoms with E-state index in [1.807, 2.05) is 6.07 Å². The SMILES string of the molecule is O=C(CNC(=O)C1(c2cccc(Cl)c2)CCCCC1)Nc1ccc(F)c(F)c1F. The minimum absolute atomic E-state index is 0.319. The summed E-state index contributed by atoms with van der Waals surface area (Å²) in [6.07, 6.45) is 4.00. The van der Waals surface area contributed by atoms with Crippen molar-refractivity contribution in [3.05, 3.63) is 64.4 Å². The fourth-order valence-electron chi connectivity index (χ4n) is 3.73. The van der Waals surface area contributed by atoms with Crippen LogP contribution in [0.1, 0.15) is 37.7 Å². The van der Waals surface area contributed by atoms with Crippen LogP contribution in [0.3, 0.4) is 0 Å². The molecule has 0 saturated heterocycles. The minimum Gasteiger partial charge on any atom is -0.346 e. The number of anilines is 1. The quantitative estimate of drug-likeness (QED) is 0.683. The number of amides is 2. The highest BCUT2D eigenvalue weighted by atomic mass is 35.5. The lowest BCUT2D eigenvalue weighted by Gasteiger charge is -2.36. The summed E-state index contributed by atoms with van der Waals surface area (Å²) < 4.78 is 40.0. The first-order valence-corrected chi connectivity index (χ1v) is 9.69. The Kier molecular flexibility index (Phi) is 6.47. The first kappa shape index (κ1) is 21.2. The van der Waals surface area contributed by atoms with E-state index in [-0.39, 0.29) is 5.91 Å². The highest BCUT2D eigenvalue weighted by molar-refractivity contribution is 6.30. The molecule has 8 heteroatoms. The van der Waals surface area contributed by atoms with E-state index in [2.05, 4.69) is 10.6 Å². The number of carbonyl (C=O) groups excluding carboxylic acids is 2. The van der Waals surface area contributed by atoms with Gasteiger partial charge in [-0.15, -0.1) is 0 Å². The van der Waals surface area contributed by atoms with Crippen LogP contribution < -0.4 is 10.6 Å². The van der Waals surface area contributed by atoms with E-state index in [9.17, 15) is 22.8 Å². The van der Waals surface area contributed by atoms with Crippen molar-refractivity contribution in [1.29, 1.82) is 0 Å². The summed E-state index contributed by atoms with van der Waals surface area (Å²) in [4.78, 5) is 25.1. The van der Waals surface area contributed by atoms with Gasteiger partial charge in [0.1, 0.15) is 0 Å². The highest BCUT2D eigenvalue weighted by Crippen LogP contribution is 2.40. The van der Waals surface area contributed by atoms with E-state index >= 15 is 0 Å². The maximum absolute atomic E-state index is 13.7. The van der Waals surface area contributed by atoms with E-state index in [0.717, 1.165) is 30.9 Å². The Labute approximate surface area is 171 Å². The fourth-order valence-corrected chi connectivity index (χ4v) is 3.93. The van der Waals surface area contributed by atoms with Crippen molar-refractivity contribution >= 4 is 29.1 Å². The largest absolute Gasteiger partial charge is 0.346 e. The minimum atomic E-state index is -1.67. The molecule has 0 radical (unpaired) electrons. The second kappa shape index (κ2) is 8.86. The van der Waals surface area contributed by atoms with Crippen LogP contribution in [0.25, 0.3) is 0 Å². The Balaban J connectivity index is 1.71. The molecule has 2 aromatic carbocycles. The monoisotopic (exact) mass is 424 g/mol. The van der Waals surface area contributed by atoms with Gasteiger partial charge in [-0.2, -0.15) is 0 Å². The topological polar surface area (TPSA) is 58.2 Å². The van der Waals surface area contributed by atoms with Crippen LogP contribution in [0, 0.1) is 17.5 Å². The van der Waals surface area contributed by atoms with Crippen LogP contribution in [0.4, 0.5) is 18.9 Å². The van der Waals surface area contributed by atoms with Crippen molar-refractivity contribution < 1.29 is 22.8 Å². The zero-order valence-electron chi connectivity index (χ0n) is 15.5. The predicted molar refractivity (Wildman–Crippen MR) is 104 cm³/mol. The molecule has 1 aliphatic carbocycles. The number of halogens is 4. The van der Waals surface area contributed by atoms with Gasteiger partial charge in [-0.25, -0.2) is 13.2 Å². The Morgan fingerprint density at radius 3 is 2.41 bits per heavy atom. The van der Waals surface area contributed by atoms with Crippen molar-refractivity contribution in [1.82, 2.24) is 5.32 Å². The van der Waals surface area contributed by atoms with Crippen LogP contribution >= 0.6 is 11.6 Å². The molecule has 1 saturated carbocycles. The van der Waals surface area contributed by atoms with E-state index in [4.69, 9.17) is 11.6 Å². The van der Waals surface area contributed by atoms with Crippen LogP contribution in [-0.2, 0) is 15.0 Å². The summed E-state index contributed by atoms with van der Waals surface area (Å²) >= 11 is 6.10. The van der Waals surface area contributed by atoms with Crippen molar-refractivity contribution in [2.24, 2.45) is 0 Å². The van der Waals surface area contributed by atoms with Gasteiger partial charge in [-0.05, 0) is 42.7 Å². The van der Waals surface area contributed by atoms with Gasteiger partial charge >= 0.3 is 0 Å². The maximum Gasteiger partial charge on any atom is 0.243 e. The maximum atomic E-state index is 13.7. The third kappa shape index (κ3) is 4.56. The van der Waals surface area contributed by atoms with Gasteiger partial charge in [-0.1, -0.05) is 43.0 Å². The molecule has 29 heavy (non-hydrogen) atoms. The third-order valence-electron chi connectivity index (χ3n) is 5.24. The second-order valence-electron chi connectivity index (χ2n) is 7.11. The van der Waals surface area contributed by atoms with Crippen LogP contribution in [0.15, 0.2) is 36.4 Å². The van der Waals surface area contributed by atoms with Gasteiger partial charge in [0.05, 0.1) is 17.6 Å². The van der Waals surface area contributed by atoms with E-state index in [0.29, 0.717) is 23.9 Å². The molecular weight excluding hydrogens is 405 g/mol. The number of nitrogens with one attached hydrogen (secondary N) is 2. The predicted octanol–water partition coefficient (Wildman–Crippen LogP) is 4.71. The van der Waals surface area contributed by atoms with Crippen molar-refractivity contribution in [2.75, 3.05) is 11.9 Å². The zero-order chi connectivity index (χ0) is 21.0. The van der Waals surface area contributed by atoms with E-state index < -0.39 is 41.0 Å². The number of hydrogen-bond donors (Lipinski definition) is 2. The lowest BCUT2D eigenvalue weighted by molar-refractivity contribution is -0.129. The standard InChI is InChI=1S/C21H20ClF3N2O2/c22-14-6-4-5-13(11-14)21(9-2-1-3-10-21)20(29)26-12-17(28)27-16-8-7-15(23)18(24)19(16)25/h4-8,11H,1-3,9-10,12H2,(H,26,29)(H,27,28). The Bertz CT molecular complexity index is 930. The summed E-state index contributed by atoms with van der Waals surface area (Å²) in [5.41, 5.74) is -0.504. The van der Waals surface area contributed by atoms with Crippen LogP contribution in [0.2, 0.25) is 5.02 Å². The van der Waals surface area contributed by atoms with Crippen LogP contribution in [-0.4, -0.2) is 18.4 Å². The smallest absolute Gasteiger partial charge is 0.243 e. The number of hydrogen-bond acceptors (Lipinski definition) is 2. The van der Waals surface area contributed by atoms with Gasteiger partial charge in [0.2, 0.25) is 11.8 Å². The summed E-state index contributed by atoms with van der Waals surface area (Å²) in [5, 5.41) is 5.25. The van der Waals surface area contributed by atoms with Crippen molar-refractivity contribution in [2.45, 2.75) is 37.5 Å². The third-order valence-corrected chi connectivity index (χ3v) is 5.47. The molecule has 1 aliphatic rings. The Morgan fingerprint density at radius 2 is 1.72 bits per heavy atom. The van der Waals surface area contributed by atoms with E-state index in [1.165, 1.54) is 0 Å². The fraction of sp³-hybridized carbons (Fsp3) is 0.333. The average Bonchev–Trinajstić information content (AvgIpc) is 2.73. The summed E-state index contributed by atoms with van der Waals surface area (Å²) in [5.74, 6) is -5.59. The van der Waals surface area contributed by atoms with Crippen molar-refractivity contribution in [3.63, 3.8) is 0 Å². The first-order valence-electron chi connectivity index (χ1n) is 9.31. The average molecular weight is 425 g/mol. The molecule has 1 fully saturated rings. The number of carbonyl (C=O) groups is 2. The lowest BCUT2D eigenvalue weighted by Crippen LogP contribution is -2.47. The molecule has 2 N–H and O–H groups in total. The molecule has 2 amide bonds. The Morgan fingerprint density at radius 1 is 1.00 bits per heavy atom. The molecule has 0 bridgehead atoms. The van der Waals surface area contributed by atoms with Crippen molar-refractivity contribution in [3.8, 4) is 0 Å². The Hall–Kier alpha value is -2.54. The highest BCUT2D eigenvalue weighted by Gasteiger charge is 2.41. The molecular formula is C21H20ClF3N2O2. The number of benzene rings is 2. The molecule has 0 aromatic heterocycles. The number of rotatable bonds is 5. The second-order valence-corrected chi connectivity index (χ2v) is 7.54. The van der Waals surface area contributed by atoms with E-state index in [1.54, 1.807) is 18.2 Å². The molecule has 154 valence electrons. The summed E-state index contributed by atoms with van der Waals surface area (Å²) in [7, 11) is 0. The van der Waals surface area contributed by atoms with Crippen LogP contribution in [0.5, 0.6) is 0 Å². The molecule has 2 aromatic rings. The van der Waals surface area contributed by atoms with Gasteiger partial charge in [0.25, 0.3) is 0 Å². The molecule has 0 unspecified atom stereocenters. The van der Waals surface area contributed by atoms with Gasteiger partial charge < -0.3 is 10.6 Å². The summed E-state index contributed by atoms with van der Waals surface area (Å²) in [6.45, 7) is -0.431. The normalized spacial score (nSPS) is 15.6. The zero-order valence-corrected chi connectivity index (χ0v) is 16.3. The van der Waals surface area contributed by atoms with Gasteiger partial charge in [0, 0.05) is 5.02 Å². The first-order chi connectivity index (χ1) is 13.8. The summed E-state index contributed by atoms with van der Waals surface area (Å²) in [6, 6.07) is 8.73. The molecule has 0 aliphatic heterocycles. The molecule has 0 heterocycles. The molecule has 3 rings (SSSR count). The van der Waals surface area contributed by atoms with Gasteiger partial charge in [0.15, 0.2) is 17.5 Å². The van der Waals surface area contributed by atoms with Gasteiger partial charge in [-0.3, -0.25) is 9.59 Å². The molecule has 4 nitrogen and oxygen atoms in total.